The molecule has 0 heterocycles. The van der Waals surface area contributed by atoms with Gasteiger partial charge in [-0.2, -0.15) is 0 Å². The zero-order valence-corrected chi connectivity index (χ0v) is 22.6. The Morgan fingerprint density at radius 2 is 1.53 bits per heavy atom. The molecule has 8 atom stereocenters. The molecule has 0 saturated heterocycles. The van der Waals surface area contributed by atoms with E-state index in [1.807, 2.05) is 5.57 Å². The van der Waals surface area contributed by atoms with Crippen LogP contribution in [0.15, 0.2) is 11.6 Å². The molecule has 5 aliphatic rings. The SMILES string of the molecule is CC[C@]12CCC(C)(C)C[C@H]1C1=CC[C@@H]3[C@@]4(C)CC[C@H](O)C(C)(C)[C@@H]4CC[C@@]3(C)[C@]1(C)CC2. The Kier molecular flexibility index (Phi) is 5.05. The Bertz CT molecular complexity index is 805. The predicted molar refractivity (Wildman–Crippen MR) is 135 cm³/mol. The maximum absolute atomic E-state index is 10.9. The van der Waals surface area contributed by atoms with Gasteiger partial charge in [0.15, 0.2) is 0 Å². The third-order valence-corrected chi connectivity index (χ3v) is 13.5. The summed E-state index contributed by atoms with van der Waals surface area (Å²) < 4.78 is 0. The van der Waals surface area contributed by atoms with E-state index in [9.17, 15) is 5.11 Å². The fraction of sp³-hybridized carbons (Fsp3) is 0.935. The second kappa shape index (κ2) is 6.89. The predicted octanol–water partition coefficient (Wildman–Crippen LogP) is 8.56. The zero-order chi connectivity index (χ0) is 23.4. The molecule has 1 heteroatoms. The van der Waals surface area contributed by atoms with Crippen LogP contribution >= 0.6 is 0 Å². The molecule has 0 aromatic carbocycles. The number of hydrogen-bond acceptors (Lipinski definition) is 1. The van der Waals surface area contributed by atoms with Gasteiger partial charge in [-0.15, -0.1) is 0 Å². The first kappa shape index (κ1) is 23.4. The maximum Gasteiger partial charge on any atom is 0.0594 e. The van der Waals surface area contributed by atoms with Crippen molar-refractivity contribution in [2.75, 3.05) is 0 Å². The van der Waals surface area contributed by atoms with Gasteiger partial charge in [0, 0.05) is 0 Å². The molecule has 0 aromatic rings. The summed E-state index contributed by atoms with van der Waals surface area (Å²) in [6, 6.07) is 0. The quantitative estimate of drug-likeness (QED) is 0.405. The summed E-state index contributed by atoms with van der Waals surface area (Å²) in [6.07, 6.45) is 17.3. The molecule has 32 heavy (non-hydrogen) atoms. The average Bonchev–Trinajstić information content (AvgIpc) is 2.71. The first-order chi connectivity index (χ1) is 14.8. The molecule has 0 aromatic heterocycles. The molecule has 4 saturated carbocycles. The van der Waals surface area contributed by atoms with Crippen molar-refractivity contribution in [3.05, 3.63) is 11.6 Å². The minimum absolute atomic E-state index is 0.0521. The van der Waals surface area contributed by atoms with E-state index in [0.29, 0.717) is 33.0 Å². The van der Waals surface area contributed by atoms with Crippen LogP contribution in [0.4, 0.5) is 0 Å². The van der Waals surface area contributed by atoms with Crippen molar-refractivity contribution in [3.63, 3.8) is 0 Å². The minimum atomic E-state index is -0.125. The smallest absolute Gasteiger partial charge is 0.0594 e. The molecule has 0 amide bonds. The molecule has 0 bridgehead atoms. The lowest BCUT2D eigenvalue weighted by molar-refractivity contribution is -0.203. The van der Waals surface area contributed by atoms with Crippen molar-refractivity contribution in [1.29, 1.82) is 0 Å². The molecule has 0 spiro atoms. The van der Waals surface area contributed by atoms with Crippen LogP contribution in [-0.4, -0.2) is 11.2 Å². The Labute approximate surface area is 199 Å². The molecular formula is C31H52O. The van der Waals surface area contributed by atoms with Crippen LogP contribution in [0.5, 0.6) is 0 Å². The summed E-state index contributed by atoms with van der Waals surface area (Å²) in [5.74, 6) is 2.23. The Morgan fingerprint density at radius 1 is 0.844 bits per heavy atom. The first-order valence-electron chi connectivity index (χ1n) is 14.1. The van der Waals surface area contributed by atoms with Gasteiger partial charge in [0.25, 0.3) is 0 Å². The third-order valence-electron chi connectivity index (χ3n) is 13.5. The molecular weight excluding hydrogens is 388 g/mol. The fourth-order valence-electron chi connectivity index (χ4n) is 11.0. The number of hydrogen-bond donors (Lipinski definition) is 1. The van der Waals surface area contributed by atoms with Crippen LogP contribution in [0.1, 0.15) is 126 Å². The maximum atomic E-state index is 10.9. The molecule has 5 rings (SSSR count). The Morgan fingerprint density at radius 3 is 2.22 bits per heavy atom. The minimum Gasteiger partial charge on any atom is -0.393 e. The number of rotatable bonds is 1. The molecule has 0 radical (unpaired) electrons. The number of aliphatic hydroxyl groups excluding tert-OH is 1. The van der Waals surface area contributed by atoms with Crippen LogP contribution < -0.4 is 0 Å². The second-order valence-electron chi connectivity index (χ2n) is 15.3. The van der Waals surface area contributed by atoms with Gasteiger partial charge < -0.3 is 5.11 Å². The van der Waals surface area contributed by atoms with E-state index < -0.39 is 0 Å². The van der Waals surface area contributed by atoms with E-state index in [2.05, 4.69) is 61.5 Å². The topological polar surface area (TPSA) is 20.2 Å². The first-order valence-corrected chi connectivity index (χ1v) is 14.1. The highest BCUT2D eigenvalue weighted by Gasteiger charge is 2.68. The van der Waals surface area contributed by atoms with Gasteiger partial charge in [0.1, 0.15) is 0 Å². The van der Waals surface area contributed by atoms with E-state index >= 15 is 0 Å². The van der Waals surface area contributed by atoms with E-state index in [0.717, 1.165) is 18.3 Å². The Balaban J connectivity index is 1.58. The van der Waals surface area contributed by atoms with Gasteiger partial charge in [-0.3, -0.25) is 0 Å². The fourth-order valence-corrected chi connectivity index (χ4v) is 11.0. The summed E-state index contributed by atoms with van der Waals surface area (Å²) in [5.41, 5.74) is 4.15. The highest BCUT2D eigenvalue weighted by Crippen LogP contribution is 2.76. The van der Waals surface area contributed by atoms with Crippen LogP contribution in [-0.2, 0) is 0 Å². The van der Waals surface area contributed by atoms with Crippen molar-refractivity contribution in [3.8, 4) is 0 Å². The molecule has 0 aliphatic heterocycles. The molecule has 182 valence electrons. The van der Waals surface area contributed by atoms with E-state index in [4.69, 9.17) is 0 Å². The van der Waals surface area contributed by atoms with Crippen LogP contribution in [0.2, 0.25) is 0 Å². The summed E-state index contributed by atoms with van der Waals surface area (Å²) in [4.78, 5) is 0. The standard InChI is InChI=1S/C31H52O/c1-9-31-18-16-26(2,3)20-22(31)21-10-11-24-28(6)14-13-25(32)27(4,5)23(28)12-15-30(24,8)29(21,7)17-19-31/h10,22-25,32H,9,11-20H2,1-8H3/t22-,23-,24+,25-,28-,29+,30+,31+/m0/s1. The van der Waals surface area contributed by atoms with E-state index in [-0.39, 0.29) is 11.5 Å². The molecule has 1 N–H and O–H groups in total. The van der Waals surface area contributed by atoms with Crippen molar-refractivity contribution < 1.29 is 5.11 Å². The van der Waals surface area contributed by atoms with Crippen LogP contribution in [0.25, 0.3) is 0 Å². The van der Waals surface area contributed by atoms with Gasteiger partial charge in [-0.05, 0) is 121 Å². The number of allylic oxidation sites excluding steroid dienone is 2. The third kappa shape index (κ3) is 2.79. The summed E-state index contributed by atoms with van der Waals surface area (Å²) in [5, 5.41) is 10.9. The van der Waals surface area contributed by atoms with Crippen LogP contribution in [0, 0.1) is 50.2 Å². The lowest BCUT2D eigenvalue weighted by Crippen LogP contribution is -2.64. The number of fused-ring (bicyclic) bond motifs is 7. The highest BCUT2D eigenvalue weighted by atomic mass is 16.3. The largest absolute Gasteiger partial charge is 0.393 e. The van der Waals surface area contributed by atoms with Crippen molar-refractivity contribution in [1.82, 2.24) is 0 Å². The second-order valence-corrected chi connectivity index (χ2v) is 15.3. The lowest BCUT2D eigenvalue weighted by atomic mass is 9.33. The van der Waals surface area contributed by atoms with E-state index in [1.165, 1.54) is 64.2 Å². The van der Waals surface area contributed by atoms with Gasteiger partial charge in [0.2, 0.25) is 0 Å². The molecule has 1 nitrogen and oxygen atoms in total. The van der Waals surface area contributed by atoms with E-state index in [1.54, 1.807) is 0 Å². The van der Waals surface area contributed by atoms with Gasteiger partial charge in [-0.25, -0.2) is 0 Å². The lowest BCUT2D eigenvalue weighted by Gasteiger charge is -2.71. The summed E-state index contributed by atoms with van der Waals surface area (Å²) in [7, 11) is 0. The molecule has 0 unspecified atom stereocenters. The summed E-state index contributed by atoms with van der Waals surface area (Å²) in [6.45, 7) is 20.4. The van der Waals surface area contributed by atoms with Crippen molar-refractivity contribution in [2.24, 2.45) is 50.2 Å². The zero-order valence-electron chi connectivity index (χ0n) is 22.6. The van der Waals surface area contributed by atoms with Crippen molar-refractivity contribution >= 4 is 0 Å². The van der Waals surface area contributed by atoms with Crippen molar-refractivity contribution in [2.45, 2.75) is 132 Å². The molecule has 4 fully saturated rings. The highest BCUT2D eigenvalue weighted by molar-refractivity contribution is 5.33. The summed E-state index contributed by atoms with van der Waals surface area (Å²) >= 11 is 0. The van der Waals surface area contributed by atoms with Crippen LogP contribution in [0.3, 0.4) is 0 Å². The van der Waals surface area contributed by atoms with Gasteiger partial charge in [0.05, 0.1) is 6.10 Å². The molecule has 5 aliphatic carbocycles. The van der Waals surface area contributed by atoms with Gasteiger partial charge >= 0.3 is 0 Å². The number of aliphatic hydroxyl groups is 1. The van der Waals surface area contributed by atoms with Gasteiger partial charge in [-0.1, -0.05) is 67.0 Å². The monoisotopic (exact) mass is 440 g/mol. The normalized spacial score (nSPS) is 53.8. The Hall–Kier alpha value is -0.300. The average molecular weight is 441 g/mol.